The third kappa shape index (κ3) is 13.5. The number of hydrogen-bond donors (Lipinski definition) is 3. The van der Waals surface area contributed by atoms with Crippen molar-refractivity contribution in [3.8, 4) is 0 Å². The van der Waals surface area contributed by atoms with Crippen LogP contribution in [0.4, 0.5) is 4.79 Å². The summed E-state index contributed by atoms with van der Waals surface area (Å²) >= 11 is 0. The van der Waals surface area contributed by atoms with Gasteiger partial charge in [0, 0.05) is 27.3 Å². The zero-order valence-corrected chi connectivity index (χ0v) is 25.6. The van der Waals surface area contributed by atoms with Crippen molar-refractivity contribution in [1.82, 2.24) is 10.6 Å². The fraction of sp³-hybridized carbons (Fsp3) is 0.586. The number of benzene rings is 1. The molecule has 45 heavy (non-hydrogen) atoms. The number of alkyl carbamates (subject to hydrolysis) is 1. The summed E-state index contributed by atoms with van der Waals surface area (Å²) < 4.78 is 36.2. The first-order valence-corrected chi connectivity index (χ1v) is 14.2. The molecular formula is C29H40N2O14. The Morgan fingerprint density at radius 1 is 0.911 bits per heavy atom. The Bertz CT molecular complexity index is 1150. The molecule has 3 N–H and O–H groups in total. The number of carbonyl (C=O) groups is 6. The van der Waals surface area contributed by atoms with Crippen molar-refractivity contribution in [2.75, 3.05) is 26.9 Å². The molecule has 0 unspecified atom stereocenters. The van der Waals surface area contributed by atoms with Gasteiger partial charge in [-0.15, -0.1) is 0 Å². The van der Waals surface area contributed by atoms with Gasteiger partial charge >= 0.3 is 30.0 Å². The number of unbranched alkanes of at least 4 members (excludes halogenated alkanes) is 1. The number of aliphatic hydroxyl groups excluding tert-OH is 1. The molecule has 0 spiro atoms. The fourth-order valence-corrected chi connectivity index (χ4v) is 4.25. The second kappa shape index (κ2) is 19.2. The number of ether oxygens (including phenoxy) is 7. The summed E-state index contributed by atoms with van der Waals surface area (Å²) in [6, 6.07) is 8.12. The maximum absolute atomic E-state index is 12.7. The summed E-state index contributed by atoms with van der Waals surface area (Å²) in [5, 5.41) is 15.9. The minimum Gasteiger partial charge on any atom is -0.467 e. The fourth-order valence-electron chi connectivity index (χ4n) is 4.25. The van der Waals surface area contributed by atoms with E-state index in [1.807, 2.05) is 30.3 Å². The van der Waals surface area contributed by atoms with Crippen LogP contribution in [0.25, 0.3) is 0 Å². The van der Waals surface area contributed by atoms with Crippen LogP contribution in [0.15, 0.2) is 30.3 Å². The second-order valence-electron chi connectivity index (χ2n) is 9.92. The van der Waals surface area contributed by atoms with Crippen LogP contribution in [0.1, 0.15) is 45.6 Å². The van der Waals surface area contributed by atoms with Gasteiger partial charge in [-0.1, -0.05) is 30.3 Å². The largest absolute Gasteiger partial charge is 0.467 e. The van der Waals surface area contributed by atoms with Crippen molar-refractivity contribution >= 4 is 35.9 Å². The molecule has 1 aromatic rings. The summed E-state index contributed by atoms with van der Waals surface area (Å²) in [7, 11) is 1.16. The predicted molar refractivity (Wildman–Crippen MR) is 151 cm³/mol. The monoisotopic (exact) mass is 640 g/mol. The average molecular weight is 641 g/mol. The molecule has 0 saturated carbocycles. The van der Waals surface area contributed by atoms with Gasteiger partial charge in [0.25, 0.3) is 0 Å². The van der Waals surface area contributed by atoms with Crippen LogP contribution in [0.2, 0.25) is 0 Å². The summed E-state index contributed by atoms with van der Waals surface area (Å²) in [5.74, 6) is -3.77. The molecule has 2 amide bonds. The molecule has 0 aromatic heterocycles. The van der Waals surface area contributed by atoms with Gasteiger partial charge in [0.15, 0.2) is 18.5 Å². The number of methoxy groups -OCH3 is 1. The average Bonchev–Trinajstić information content (AvgIpc) is 2.99. The first kappa shape index (κ1) is 36.9. The molecule has 1 aromatic carbocycles. The number of nitrogens with one attached hydrogen (secondary N) is 2. The van der Waals surface area contributed by atoms with Crippen LogP contribution in [-0.4, -0.2) is 105 Å². The van der Waals surface area contributed by atoms with E-state index in [4.69, 9.17) is 33.2 Å². The lowest BCUT2D eigenvalue weighted by molar-refractivity contribution is -0.304. The van der Waals surface area contributed by atoms with E-state index in [0.29, 0.717) is 12.8 Å². The number of esters is 4. The third-order valence-electron chi connectivity index (χ3n) is 6.27. The number of aliphatic hydroxyl groups is 1. The quantitative estimate of drug-likeness (QED) is 0.126. The van der Waals surface area contributed by atoms with E-state index in [1.165, 1.54) is 0 Å². The van der Waals surface area contributed by atoms with Gasteiger partial charge in [-0.3, -0.25) is 19.2 Å². The third-order valence-corrected chi connectivity index (χ3v) is 6.27. The highest BCUT2D eigenvalue weighted by molar-refractivity contribution is 5.85. The van der Waals surface area contributed by atoms with Crippen molar-refractivity contribution in [3.05, 3.63) is 35.9 Å². The number of hydrogen-bond acceptors (Lipinski definition) is 14. The van der Waals surface area contributed by atoms with E-state index in [0.717, 1.165) is 33.4 Å². The first-order chi connectivity index (χ1) is 21.4. The molecule has 1 aliphatic heterocycles. The van der Waals surface area contributed by atoms with Gasteiger partial charge < -0.3 is 48.9 Å². The van der Waals surface area contributed by atoms with E-state index >= 15 is 0 Å². The van der Waals surface area contributed by atoms with E-state index in [9.17, 15) is 33.9 Å². The topological polar surface area (TPSA) is 211 Å². The molecule has 1 saturated heterocycles. The molecule has 0 bridgehead atoms. The van der Waals surface area contributed by atoms with Gasteiger partial charge in [0.05, 0.1) is 7.11 Å². The Balaban J connectivity index is 1.89. The Morgan fingerprint density at radius 3 is 2.20 bits per heavy atom. The SMILES string of the molecule is COC(=O)[C@H](CCCCNC(=O)OCc1ccccc1)NC(=O)CO[C@H]1O[C@H](COC(C)=O)[C@@H](OC(C)=O)[C@H](OC(C)=O)[C@H]1O. The van der Waals surface area contributed by atoms with Gasteiger partial charge in [-0.25, -0.2) is 9.59 Å². The highest BCUT2D eigenvalue weighted by Crippen LogP contribution is 2.27. The zero-order chi connectivity index (χ0) is 33.4. The second-order valence-corrected chi connectivity index (χ2v) is 9.92. The normalized spacial score (nSPS) is 21.4. The van der Waals surface area contributed by atoms with Crippen molar-refractivity contribution in [3.63, 3.8) is 0 Å². The molecule has 1 fully saturated rings. The Hall–Kier alpha value is -4.28. The molecule has 0 aliphatic carbocycles. The molecule has 250 valence electrons. The molecule has 16 heteroatoms. The van der Waals surface area contributed by atoms with Crippen molar-refractivity contribution < 1.29 is 67.0 Å². The Kier molecular flexibility index (Phi) is 15.7. The number of carbonyl (C=O) groups excluding carboxylic acids is 6. The van der Waals surface area contributed by atoms with Crippen LogP contribution in [0.3, 0.4) is 0 Å². The summed E-state index contributed by atoms with van der Waals surface area (Å²) in [5.41, 5.74) is 0.843. The first-order valence-electron chi connectivity index (χ1n) is 14.2. The zero-order valence-electron chi connectivity index (χ0n) is 25.6. The minimum atomic E-state index is -1.72. The van der Waals surface area contributed by atoms with E-state index in [-0.39, 0.29) is 19.6 Å². The standard InChI is InChI=1S/C29H40N2O14/c1-17(32)40-15-22-25(43-18(2)33)26(44-19(3)34)24(36)28(45-22)41-16-23(35)31-21(27(37)39-4)12-8-9-13-30-29(38)42-14-20-10-6-5-7-11-20/h5-7,10-11,21-22,24-26,28,36H,8-9,12-16H2,1-4H3,(H,30,38)(H,31,35)/t21-,22+,24+,25+,26+,28-/m0/s1. The van der Waals surface area contributed by atoms with Crippen molar-refractivity contribution in [1.29, 1.82) is 0 Å². The Labute approximate surface area is 259 Å². The van der Waals surface area contributed by atoms with E-state index in [1.54, 1.807) is 0 Å². The lowest BCUT2D eigenvalue weighted by Gasteiger charge is -2.42. The maximum atomic E-state index is 12.7. The van der Waals surface area contributed by atoms with Gasteiger partial charge in [0.2, 0.25) is 5.91 Å². The molecule has 1 aliphatic rings. The smallest absolute Gasteiger partial charge is 0.407 e. The highest BCUT2D eigenvalue weighted by atomic mass is 16.7. The predicted octanol–water partition coefficient (Wildman–Crippen LogP) is 0.270. The van der Waals surface area contributed by atoms with Crippen LogP contribution < -0.4 is 10.6 Å². The molecule has 1 heterocycles. The van der Waals surface area contributed by atoms with Crippen molar-refractivity contribution in [2.24, 2.45) is 0 Å². The van der Waals surface area contributed by atoms with Crippen LogP contribution in [0.5, 0.6) is 0 Å². The maximum Gasteiger partial charge on any atom is 0.407 e. The minimum absolute atomic E-state index is 0.123. The van der Waals surface area contributed by atoms with Crippen LogP contribution in [0, 0.1) is 0 Å². The van der Waals surface area contributed by atoms with Crippen molar-refractivity contribution in [2.45, 2.75) is 83.4 Å². The van der Waals surface area contributed by atoms with E-state index < -0.39 is 85.8 Å². The summed E-state index contributed by atoms with van der Waals surface area (Å²) in [6.45, 7) is 2.51. The summed E-state index contributed by atoms with van der Waals surface area (Å²) in [4.78, 5) is 71.6. The lowest BCUT2D eigenvalue weighted by atomic mass is 9.98. The Morgan fingerprint density at radius 2 is 1.58 bits per heavy atom. The van der Waals surface area contributed by atoms with Gasteiger partial charge in [-0.05, 0) is 24.8 Å². The molecular weight excluding hydrogens is 600 g/mol. The molecule has 2 rings (SSSR count). The van der Waals surface area contributed by atoms with Gasteiger partial charge in [-0.2, -0.15) is 0 Å². The van der Waals surface area contributed by atoms with E-state index in [2.05, 4.69) is 10.6 Å². The number of amides is 2. The van der Waals surface area contributed by atoms with Crippen LogP contribution in [-0.2, 0) is 63.7 Å². The number of rotatable bonds is 16. The van der Waals surface area contributed by atoms with Gasteiger partial charge in [0.1, 0.15) is 38.1 Å². The molecule has 6 atom stereocenters. The lowest BCUT2D eigenvalue weighted by Crippen LogP contribution is -2.62. The highest BCUT2D eigenvalue weighted by Gasteiger charge is 2.50. The molecule has 0 radical (unpaired) electrons. The molecule has 16 nitrogen and oxygen atoms in total. The van der Waals surface area contributed by atoms with Crippen LogP contribution >= 0.6 is 0 Å². The summed E-state index contributed by atoms with van der Waals surface area (Å²) in [6.07, 6.45) is -6.92.